The van der Waals surface area contributed by atoms with Crippen LogP contribution >= 0.6 is 0 Å². The minimum absolute atomic E-state index is 0.781. The second-order valence-corrected chi connectivity index (χ2v) is 7.93. The zero-order valence-electron chi connectivity index (χ0n) is 16.2. The number of furan rings is 2. The first kappa shape index (κ1) is 15.5. The molecule has 0 radical (unpaired) electrons. The molecule has 5 aromatic heterocycles. The van der Waals surface area contributed by atoms with Gasteiger partial charge in [0, 0.05) is 68.6 Å². The molecule has 31 heavy (non-hydrogen) atoms. The number of fused-ring (bicyclic) bond motifs is 13. The summed E-state index contributed by atoms with van der Waals surface area (Å²) in [5, 5.41) is 7.56. The van der Waals surface area contributed by atoms with E-state index in [4.69, 9.17) is 8.83 Å². The summed E-state index contributed by atoms with van der Waals surface area (Å²) in [5.74, 6) is 0. The van der Waals surface area contributed by atoms with E-state index in [1.807, 2.05) is 49.1 Å². The highest BCUT2D eigenvalue weighted by Gasteiger charge is 2.18. The van der Waals surface area contributed by atoms with Crippen molar-refractivity contribution in [1.82, 2.24) is 14.4 Å². The molecule has 8 aromatic rings. The van der Waals surface area contributed by atoms with Gasteiger partial charge in [0.15, 0.2) is 11.2 Å². The summed E-state index contributed by atoms with van der Waals surface area (Å²) in [6.07, 6.45) is 7.55. The molecule has 0 atom stereocenters. The molecule has 0 N–H and O–H groups in total. The Hall–Kier alpha value is -4.38. The van der Waals surface area contributed by atoms with Gasteiger partial charge in [-0.15, -0.1) is 0 Å². The van der Waals surface area contributed by atoms with Crippen molar-refractivity contribution in [2.24, 2.45) is 0 Å². The summed E-state index contributed by atoms with van der Waals surface area (Å²) in [6, 6.07) is 18.7. The molecule has 3 aromatic carbocycles. The second kappa shape index (κ2) is 5.21. The molecule has 5 heterocycles. The summed E-state index contributed by atoms with van der Waals surface area (Å²) in [7, 11) is 0. The molecule has 0 unspecified atom stereocenters. The van der Waals surface area contributed by atoms with Crippen LogP contribution in [0.5, 0.6) is 0 Å². The van der Waals surface area contributed by atoms with E-state index < -0.39 is 0 Å². The fourth-order valence-corrected chi connectivity index (χ4v) is 4.97. The van der Waals surface area contributed by atoms with Crippen molar-refractivity contribution in [2.45, 2.75) is 0 Å². The number of benzene rings is 3. The number of imidazole rings is 1. The van der Waals surface area contributed by atoms with E-state index >= 15 is 0 Å². The number of nitrogens with zero attached hydrogens (tertiary/aromatic N) is 3. The maximum atomic E-state index is 6.40. The van der Waals surface area contributed by atoms with Crippen LogP contribution < -0.4 is 0 Å². The Morgan fingerprint density at radius 3 is 2.42 bits per heavy atom. The van der Waals surface area contributed by atoms with E-state index in [0.29, 0.717) is 0 Å². The lowest BCUT2D eigenvalue weighted by molar-refractivity contribution is 0.633. The molecule has 5 heteroatoms. The summed E-state index contributed by atoms with van der Waals surface area (Å²) in [5.41, 5.74) is 5.23. The maximum absolute atomic E-state index is 6.40. The van der Waals surface area contributed by atoms with E-state index in [9.17, 15) is 0 Å². The Balaban J connectivity index is 1.61. The summed E-state index contributed by atoms with van der Waals surface area (Å²) < 4.78 is 14.7. The summed E-state index contributed by atoms with van der Waals surface area (Å²) in [6.45, 7) is 0. The smallest absolute Gasteiger partial charge is 0.178 e. The van der Waals surface area contributed by atoms with Gasteiger partial charge in [0.2, 0.25) is 0 Å². The molecule has 0 amide bonds. The van der Waals surface area contributed by atoms with Crippen molar-refractivity contribution in [3.63, 3.8) is 0 Å². The first-order chi connectivity index (χ1) is 15.4. The predicted molar refractivity (Wildman–Crippen MR) is 123 cm³/mol. The summed E-state index contributed by atoms with van der Waals surface area (Å²) in [4.78, 5) is 8.95. The quantitative estimate of drug-likeness (QED) is 0.262. The molecule has 144 valence electrons. The Kier molecular flexibility index (Phi) is 2.60. The van der Waals surface area contributed by atoms with Crippen LogP contribution in [0.3, 0.4) is 0 Å². The van der Waals surface area contributed by atoms with Gasteiger partial charge in [0.1, 0.15) is 16.8 Å². The molecule has 0 aliphatic heterocycles. The Morgan fingerprint density at radius 1 is 0.645 bits per heavy atom. The number of aromatic nitrogens is 3. The van der Waals surface area contributed by atoms with Crippen molar-refractivity contribution in [3.8, 4) is 0 Å². The molecule has 0 saturated heterocycles. The van der Waals surface area contributed by atoms with Crippen molar-refractivity contribution in [3.05, 3.63) is 79.4 Å². The van der Waals surface area contributed by atoms with Gasteiger partial charge in [-0.25, -0.2) is 4.98 Å². The molecule has 0 aliphatic carbocycles. The highest BCUT2D eigenvalue weighted by atomic mass is 16.4. The van der Waals surface area contributed by atoms with Crippen LogP contribution in [-0.2, 0) is 0 Å². The van der Waals surface area contributed by atoms with Crippen LogP contribution in [0.15, 0.2) is 88.2 Å². The highest BCUT2D eigenvalue weighted by Crippen LogP contribution is 2.40. The minimum atomic E-state index is 0.781. The Bertz CT molecular complexity index is 2010. The van der Waals surface area contributed by atoms with Crippen LogP contribution in [0, 0.1) is 0 Å². The first-order valence-corrected chi connectivity index (χ1v) is 10.2. The van der Waals surface area contributed by atoms with E-state index in [1.165, 1.54) is 0 Å². The third-order valence-corrected chi connectivity index (χ3v) is 6.35. The van der Waals surface area contributed by atoms with Gasteiger partial charge in [-0.2, -0.15) is 0 Å². The third-order valence-electron chi connectivity index (χ3n) is 6.35. The average molecular weight is 399 g/mol. The third kappa shape index (κ3) is 1.82. The van der Waals surface area contributed by atoms with Gasteiger partial charge in [-0.3, -0.25) is 9.38 Å². The zero-order valence-corrected chi connectivity index (χ0v) is 16.2. The van der Waals surface area contributed by atoms with E-state index in [1.54, 1.807) is 0 Å². The lowest BCUT2D eigenvalue weighted by Gasteiger charge is -2.07. The van der Waals surface area contributed by atoms with Crippen LogP contribution in [-0.4, -0.2) is 14.4 Å². The lowest BCUT2D eigenvalue weighted by Crippen LogP contribution is -1.91. The van der Waals surface area contributed by atoms with Crippen LogP contribution in [0.1, 0.15) is 0 Å². The average Bonchev–Trinajstić information content (AvgIpc) is 3.53. The van der Waals surface area contributed by atoms with Gasteiger partial charge in [0.25, 0.3) is 0 Å². The van der Waals surface area contributed by atoms with Gasteiger partial charge >= 0.3 is 0 Å². The molecular weight excluding hydrogens is 386 g/mol. The Labute approximate surface area is 174 Å². The monoisotopic (exact) mass is 399 g/mol. The van der Waals surface area contributed by atoms with Gasteiger partial charge in [0.05, 0.1) is 5.52 Å². The largest absolute Gasteiger partial charge is 0.452 e. The van der Waals surface area contributed by atoms with Crippen molar-refractivity contribution < 1.29 is 8.83 Å². The van der Waals surface area contributed by atoms with E-state index in [-0.39, 0.29) is 0 Å². The van der Waals surface area contributed by atoms with Crippen LogP contribution in [0.25, 0.3) is 71.2 Å². The van der Waals surface area contributed by atoms with Gasteiger partial charge in [-0.05, 0) is 30.3 Å². The van der Waals surface area contributed by atoms with Gasteiger partial charge < -0.3 is 8.83 Å². The van der Waals surface area contributed by atoms with E-state index in [2.05, 4.69) is 44.7 Å². The number of hydrogen-bond acceptors (Lipinski definition) is 4. The number of para-hydroxylation sites is 1. The first-order valence-electron chi connectivity index (χ1n) is 10.2. The van der Waals surface area contributed by atoms with Crippen molar-refractivity contribution in [2.75, 3.05) is 0 Å². The number of hydrogen-bond donors (Lipinski definition) is 0. The molecule has 8 rings (SSSR count). The second-order valence-electron chi connectivity index (χ2n) is 7.93. The zero-order chi connectivity index (χ0) is 20.1. The topological polar surface area (TPSA) is 56.5 Å². The molecular formula is C26H13N3O2. The van der Waals surface area contributed by atoms with Crippen LogP contribution in [0.4, 0.5) is 0 Å². The molecule has 0 fully saturated rings. The Morgan fingerprint density at radius 2 is 1.48 bits per heavy atom. The molecule has 0 aliphatic rings. The standard InChI is InChI=1S/C26H13N3O2/c1-2-4-22-14(3-1)15-5-6-16-19-11-18-20-13-27-8-7-17(20)26-28-9-10-29(26)21(18)12-23(19)31-25(16)24(15)30-22/h1-13H. The summed E-state index contributed by atoms with van der Waals surface area (Å²) >= 11 is 0. The SMILES string of the molecule is c1ccc2c(c1)oc1c2ccc2c3cc4c5cnccc5c5nccn5c4cc3oc21. The highest BCUT2D eigenvalue weighted by molar-refractivity contribution is 6.22. The van der Waals surface area contributed by atoms with E-state index in [0.717, 1.165) is 71.2 Å². The minimum Gasteiger partial charge on any atom is -0.452 e. The number of pyridine rings is 2. The fraction of sp³-hybridized carbons (Fsp3) is 0. The predicted octanol–water partition coefficient (Wildman–Crippen LogP) is 6.83. The molecule has 5 nitrogen and oxygen atoms in total. The molecule has 0 spiro atoms. The fourth-order valence-electron chi connectivity index (χ4n) is 4.97. The van der Waals surface area contributed by atoms with Gasteiger partial charge in [-0.1, -0.05) is 18.2 Å². The molecule has 0 saturated carbocycles. The van der Waals surface area contributed by atoms with Crippen molar-refractivity contribution in [1.29, 1.82) is 0 Å². The maximum Gasteiger partial charge on any atom is 0.178 e. The molecule has 0 bridgehead atoms. The normalized spacial score (nSPS) is 12.5. The lowest BCUT2D eigenvalue weighted by atomic mass is 10.0. The number of rotatable bonds is 0. The van der Waals surface area contributed by atoms with Crippen molar-refractivity contribution >= 4 is 71.2 Å². The van der Waals surface area contributed by atoms with Crippen LogP contribution in [0.2, 0.25) is 0 Å².